The summed E-state index contributed by atoms with van der Waals surface area (Å²) in [6, 6.07) is 2.59. The number of aromatic nitrogens is 3. The topological polar surface area (TPSA) is 101 Å². The second kappa shape index (κ2) is 11.9. The molecule has 3 atom stereocenters. The molecule has 0 amide bonds. The Labute approximate surface area is 241 Å². The van der Waals surface area contributed by atoms with Crippen LogP contribution in [-0.4, -0.2) is 27.5 Å². The molecule has 3 unspecified atom stereocenters. The molecule has 10 heteroatoms. The highest BCUT2D eigenvalue weighted by atomic mass is 32.1. The maximum atomic E-state index is 14.8. The van der Waals surface area contributed by atoms with Crippen molar-refractivity contribution in [1.29, 1.82) is 5.26 Å². The molecular weight excluding hydrogens is 542 g/mol. The second-order valence-corrected chi connectivity index (χ2v) is 11.9. The summed E-state index contributed by atoms with van der Waals surface area (Å²) in [7, 11) is 2.83. The molecule has 4 aromatic rings. The summed E-state index contributed by atoms with van der Waals surface area (Å²) in [5.41, 5.74) is 10.5. The van der Waals surface area contributed by atoms with Crippen LogP contribution in [0.4, 0.5) is 15.3 Å². The summed E-state index contributed by atoms with van der Waals surface area (Å²) in [4.78, 5) is 16.8. The predicted molar refractivity (Wildman–Crippen MR) is 165 cm³/mol. The third-order valence-electron chi connectivity index (χ3n) is 8.07. The number of hydrogen-bond donors (Lipinski definition) is 1. The minimum atomic E-state index is -0.484. The van der Waals surface area contributed by atoms with Crippen molar-refractivity contribution in [2.75, 3.05) is 17.2 Å². The Morgan fingerprint density at radius 1 is 1.23 bits per heavy atom. The van der Waals surface area contributed by atoms with E-state index in [9.17, 15) is 9.65 Å². The average Bonchev–Trinajstić information content (AvgIpc) is 3.68. The van der Waals surface area contributed by atoms with Gasteiger partial charge in [-0.1, -0.05) is 47.0 Å². The van der Waals surface area contributed by atoms with Crippen molar-refractivity contribution in [3.63, 3.8) is 0 Å². The largest absolute Gasteiger partial charge is 0.389 e. The zero-order valence-electron chi connectivity index (χ0n) is 23.6. The molecule has 40 heavy (non-hydrogen) atoms. The van der Waals surface area contributed by atoms with E-state index in [1.807, 2.05) is 20.0 Å². The number of fused-ring (bicyclic) bond motifs is 4. The summed E-state index contributed by atoms with van der Waals surface area (Å²) in [5.74, 6) is 0.852. The fourth-order valence-electron chi connectivity index (χ4n) is 6.07. The Kier molecular flexibility index (Phi) is 8.51. The predicted octanol–water partition coefficient (Wildman–Crippen LogP) is 6.85. The highest BCUT2D eigenvalue weighted by Crippen LogP contribution is 2.43. The highest BCUT2D eigenvalue weighted by molar-refractivity contribution is 7.29. The molecule has 2 aliphatic rings. The number of nitriles is 1. The van der Waals surface area contributed by atoms with E-state index in [4.69, 9.17) is 20.4 Å². The van der Waals surface area contributed by atoms with Gasteiger partial charge in [-0.3, -0.25) is 4.98 Å². The SMILES string of the molecule is CC.CCCCCC1C(C)CCN1c1ncc2c3c(c(-c4ncc(F)c5sc(N)c(C#N)c45)c(P)c2n1)COC3. The number of ether oxygens (including phenoxy) is 1. The van der Waals surface area contributed by atoms with E-state index in [1.54, 1.807) is 0 Å². The monoisotopic (exact) mass is 578 g/mol. The van der Waals surface area contributed by atoms with Crippen molar-refractivity contribution in [2.24, 2.45) is 5.92 Å². The number of rotatable bonds is 6. The van der Waals surface area contributed by atoms with E-state index in [2.05, 4.69) is 39.0 Å². The third kappa shape index (κ3) is 4.70. The van der Waals surface area contributed by atoms with Crippen molar-refractivity contribution >= 4 is 57.8 Å². The number of nitrogen functional groups attached to an aromatic ring is 1. The molecular formula is C30H36FN6OPS. The molecule has 2 N–H and O–H groups in total. The van der Waals surface area contributed by atoms with Gasteiger partial charge in [0.25, 0.3) is 0 Å². The number of benzene rings is 1. The van der Waals surface area contributed by atoms with Gasteiger partial charge in [0.05, 0.1) is 40.9 Å². The number of nitrogens with zero attached hydrogens (tertiary/aromatic N) is 5. The molecule has 6 rings (SSSR count). The summed E-state index contributed by atoms with van der Waals surface area (Å²) in [5, 5.41) is 12.4. The molecule has 1 fully saturated rings. The van der Waals surface area contributed by atoms with Gasteiger partial charge in [0.1, 0.15) is 11.1 Å². The van der Waals surface area contributed by atoms with Gasteiger partial charge in [0, 0.05) is 40.4 Å². The Morgan fingerprint density at radius 3 is 2.75 bits per heavy atom. The van der Waals surface area contributed by atoms with Gasteiger partial charge in [-0.25, -0.2) is 14.4 Å². The second-order valence-electron chi connectivity index (χ2n) is 10.3. The van der Waals surface area contributed by atoms with Crippen molar-refractivity contribution in [3.8, 4) is 17.3 Å². The van der Waals surface area contributed by atoms with Crippen LogP contribution in [0.5, 0.6) is 0 Å². The van der Waals surface area contributed by atoms with Gasteiger partial charge < -0.3 is 15.4 Å². The van der Waals surface area contributed by atoms with Crippen LogP contribution >= 0.6 is 20.6 Å². The molecule has 2 aliphatic heterocycles. The summed E-state index contributed by atoms with van der Waals surface area (Å²) >= 11 is 1.08. The van der Waals surface area contributed by atoms with Gasteiger partial charge in [-0.15, -0.1) is 20.6 Å². The zero-order chi connectivity index (χ0) is 28.6. The van der Waals surface area contributed by atoms with E-state index in [0.717, 1.165) is 69.6 Å². The van der Waals surface area contributed by atoms with Crippen LogP contribution in [0.1, 0.15) is 76.5 Å². The van der Waals surface area contributed by atoms with Crippen LogP contribution in [0, 0.1) is 23.1 Å². The quantitative estimate of drug-likeness (QED) is 0.197. The van der Waals surface area contributed by atoms with Crippen molar-refractivity contribution < 1.29 is 9.13 Å². The summed E-state index contributed by atoms with van der Waals surface area (Å²) in [6.07, 6.45) is 9.04. The van der Waals surface area contributed by atoms with Gasteiger partial charge >= 0.3 is 0 Å². The molecule has 5 heterocycles. The minimum absolute atomic E-state index is 0.258. The van der Waals surface area contributed by atoms with Crippen LogP contribution in [0.2, 0.25) is 0 Å². The number of anilines is 2. The summed E-state index contributed by atoms with van der Waals surface area (Å²) in [6.45, 7) is 10.3. The average molecular weight is 579 g/mol. The fraction of sp³-hybridized carbons (Fsp3) is 0.467. The lowest BCUT2D eigenvalue weighted by molar-refractivity contribution is 0.135. The van der Waals surface area contributed by atoms with E-state index >= 15 is 0 Å². The van der Waals surface area contributed by atoms with E-state index in [1.165, 1.54) is 25.5 Å². The molecule has 210 valence electrons. The Bertz CT molecular complexity index is 1620. The standard InChI is InChI=1S/C28H30FN6OPS.C2H6/c1-3-4-5-6-20-14(2)7-8-35(20)28-33-10-16-17-12-36-13-18(17)21(25(37)23(16)34-28)24-22-15(9-30)27(31)38-26(22)19(29)11-32-24;1-2/h10-11,14,20H,3-8,12-13,31,37H2,1-2H3;1-2H3. The number of halogens is 1. The van der Waals surface area contributed by atoms with Crippen LogP contribution in [0.15, 0.2) is 12.4 Å². The molecule has 0 bridgehead atoms. The molecule has 3 aromatic heterocycles. The Hall–Kier alpha value is -2.92. The molecule has 7 nitrogen and oxygen atoms in total. The van der Waals surface area contributed by atoms with Crippen LogP contribution in [0.25, 0.3) is 32.2 Å². The maximum Gasteiger partial charge on any atom is 0.226 e. The normalized spacial score (nSPS) is 18.2. The lowest BCUT2D eigenvalue weighted by Gasteiger charge is -2.27. The van der Waals surface area contributed by atoms with Crippen molar-refractivity contribution in [3.05, 3.63) is 34.9 Å². The first-order chi connectivity index (χ1) is 19.4. The third-order valence-corrected chi connectivity index (χ3v) is 9.66. The number of nitrogens with two attached hydrogens (primary N) is 1. The molecule has 1 saturated heterocycles. The van der Waals surface area contributed by atoms with E-state index in [-0.39, 0.29) is 10.6 Å². The van der Waals surface area contributed by atoms with Gasteiger partial charge in [0.15, 0.2) is 5.82 Å². The summed E-state index contributed by atoms with van der Waals surface area (Å²) < 4.78 is 21.0. The Morgan fingerprint density at radius 2 is 2.00 bits per heavy atom. The van der Waals surface area contributed by atoms with Gasteiger partial charge in [-0.05, 0) is 29.9 Å². The first-order valence-electron chi connectivity index (χ1n) is 14.2. The number of hydrogen-bond acceptors (Lipinski definition) is 8. The van der Waals surface area contributed by atoms with E-state index in [0.29, 0.717) is 41.0 Å². The number of thiophene rings is 1. The van der Waals surface area contributed by atoms with E-state index < -0.39 is 5.82 Å². The Balaban J connectivity index is 0.00000158. The molecule has 0 radical (unpaired) electrons. The minimum Gasteiger partial charge on any atom is -0.389 e. The zero-order valence-corrected chi connectivity index (χ0v) is 25.5. The first-order valence-corrected chi connectivity index (χ1v) is 15.5. The smallest absolute Gasteiger partial charge is 0.226 e. The molecule has 1 aromatic carbocycles. The van der Waals surface area contributed by atoms with Crippen LogP contribution in [-0.2, 0) is 18.0 Å². The van der Waals surface area contributed by atoms with Crippen molar-refractivity contribution in [1.82, 2.24) is 15.0 Å². The van der Waals surface area contributed by atoms with Crippen LogP contribution in [0.3, 0.4) is 0 Å². The number of unbranched alkanes of at least 4 members (excludes halogenated alkanes) is 2. The molecule has 0 saturated carbocycles. The van der Waals surface area contributed by atoms with Gasteiger partial charge in [0.2, 0.25) is 5.95 Å². The molecule has 0 spiro atoms. The maximum absolute atomic E-state index is 14.8. The lowest BCUT2D eigenvalue weighted by Crippen LogP contribution is -2.33. The highest BCUT2D eigenvalue weighted by Gasteiger charge is 2.33. The molecule has 0 aliphatic carbocycles. The number of pyridine rings is 1. The first kappa shape index (κ1) is 28.6. The fourth-order valence-corrected chi connectivity index (χ4v) is 7.52. The van der Waals surface area contributed by atoms with Gasteiger partial charge in [-0.2, -0.15) is 5.26 Å². The van der Waals surface area contributed by atoms with Crippen LogP contribution < -0.4 is 15.9 Å². The lowest BCUT2D eigenvalue weighted by atomic mass is 9.94. The van der Waals surface area contributed by atoms with Crippen molar-refractivity contribution in [2.45, 2.75) is 79.1 Å².